The summed E-state index contributed by atoms with van der Waals surface area (Å²) in [5.74, 6) is -0.187. The van der Waals surface area contributed by atoms with E-state index in [1.165, 1.54) is 24.7 Å². The maximum Gasteiger partial charge on any atom is 0.459 e. The number of aliphatic hydroxyl groups excluding tert-OH is 1. The number of ether oxygens (including phenoxy) is 2. The van der Waals surface area contributed by atoms with E-state index < -0.39 is 50.2 Å². The third-order valence-electron chi connectivity index (χ3n) is 6.66. The van der Waals surface area contributed by atoms with Gasteiger partial charge in [-0.3, -0.25) is 9.32 Å². The first-order valence-electron chi connectivity index (χ1n) is 13.0. The highest BCUT2D eigenvalue weighted by Crippen LogP contribution is 2.49. The lowest BCUT2D eigenvalue weighted by Gasteiger charge is -2.27. The Labute approximate surface area is 236 Å². The van der Waals surface area contributed by atoms with Gasteiger partial charge in [0.2, 0.25) is 0 Å². The van der Waals surface area contributed by atoms with E-state index in [0.29, 0.717) is 17.6 Å². The van der Waals surface area contributed by atoms with Crippen LogP contribution in [0.2, 0.25) is 0 Å². The Morgan fingerprint density at radius 1 is 1.37 bits per heavy atom. The predicted molar refractivity (Wildman–Crippen MR) is 148 cm³/mol. The number of fused-ring (bicyclic) bond motifs is 1. The number of esters is 1. The summed E-state index contributed by atoms with van der Waals surface area (Å²) in [6, 6.07) is 10.6. The highest BCUT2D eigenvalue weighted by atomic mass is 31.2. The summed E-state index contributed by atoms with van der Waals surface area (Å²) in [6.07, 6.45) is -0.720. The van der Waals surface area contributed by atoms with Crippen LogP contribution in [0.4, 0.5) is 5.82 Å². The fraction of sp³-hybridized carbons (Fsp3) is 0.480. The van der Waals surface area contributed by atoms with E-state index >= 15 is 0 Å². The normalized spacial score (nSPS) is 24.3. The summed E-state index contributed by atoms with van der Waals surface area (Å²) < 4.78 is 38.1. The van der Waals surface area contributed by atoms with Gasteiger partial charge in [-0.05, 0) is 50.1 Å². The number of aliphatic hydroxyl groups is 1. The topological polar surface area (TPSA) is 208 Å². The molecule has 16 heteroatoms. The summed E-state index contributed by atoms with van der Waals surface area (Å²) in [5, 5.41) is 21.9. The number of benzene rings is 1. The minimum atomic E-state index is -4.24. The molecule has 1 saturated heterocycles. The first-order chi connectivity index (χ1) is 19.6. The van der Waals surface area contributed by atoms with Gasteiger partial charge in [-0.1, -0.05) is 36.7 Å². The van der Waals surface area contributed by atoms with Crippen LogP contribution in [0.3, 0.4) is 0 Å². The zero-order valence-corrected chi connectivity index (χ0v) is 23.8. The van der Waals surface area contributed by atoms with E-state index in [0.717, 1.165) is 6.42 Å². The Morgan fingerprint density at radius 3 is 2.83 bits per heavy atom. The standard InChI is InChI=1S/C25H33N8O7P/c1-4-5-13-37-24(35)16(2)30-41(36,40-17-9-7-6-8-10-17)38-14-20-21(34)25(3,31-32-27)22(39-20)18-11-12-19-23(26)28-15-29-33(18)19/h6-12,15-16,20-22,34H,4-5,13-14H2,1-3H3,(H,30,36)(H2,26,28,29)/t16-,20+,21+,22?,25+,41?/m0/s1. The fourth-order valence-corrected chi connectivity index (χ4v) is 5.91. The molecule has 4 rings (SSSR count). The second-order valence-electron chi connectivity index (χ2n) is 9.68. The smallest absolute Gasteiger partial charge is 0.459 e. The number of aromatic nitrogens is 3. The lowest BCUT2D eigenvalue weighted by Crippen LogP contribution is -2.42. The number of nitrogens with two attached hydrogens (primary N) is 1. The van der Waals surface area contributed by atoms with Crippen molar-refractivity contribution in [2.24, 2.45) is 5.11 Å². The van der Waals surface area contributed by atoms with Crippen LogP contribution in [0, 0.1) is 0 Å². The SMILES string of the molecule is CCCCOC(=O)[C@H](C)NP(=O)(OC[C@H]1OC(c2ccc3c(N)ncnn23)[C@](C)(N=[N+]=[N-])[C@@H]1O)Oc1ccccc1. The number of para-hydroxylation sites is 1. The summed E-state index contributed by atoms with van der Waals surface area (Å²) in [5.41, 5.74) is 14.7. The van der Waals surface area contributed by atoms with Crippen molar-refractivity contribution in [3.63, 3.8) is 0 Å². The van der Waals surface area contributed by atoms with Crippen LogP contribution in [0.1, 0.15) is 45.4 Å². The molecule has 0 bridgehead atoms. The average molecular weight is 589 g/mol. The summed E-state index contributed by atoms with van der Waals surface area (Å²) >= 11 is 0. The van der Waals surface area contributed by atoms with Gasteiger partial charge >= 0.3 is 13.7 Å². The molecule has 0 spiro atoms. The first kappa shape index (κ1) is 30.3. The van der Waals surface area contributed by atoms with Gasteiger partial charge in [0.25, 0.3) is 0 Å². The molecular formula is C25H33N8O7P. The molecule has 220 valence electrons. The van der Waals surface area contributed by atoms with E-state index in [4.69, 9.17) is 24.3 Å². The molecule has 0 radical (unpaired) electrons. The van der Waals surface area contributed by atoms with Crippen molar-refractivity contribution in [1.82, 2.24) is 19.7 Å². The van der Waals surface area contributed by atoms with Crippen LogP contribution in [0.15, 0.2) is 53.9 Å². The van der Waals surface area contributed by atoms with Crippen molar-refractivity contribution >= 4 is 25.1 Å². The summed E-state index contributed by atoms with van der Waals surface area (Å²) in [6.45, 7) is 4.73. The van der Waals surface area contributed by atoms with Gasteiger partial charge in [0.05, 0.1) is 25.0 Å². The predicted octanol–water partition coefficient (Wildman–Crippen LogP) is 3.71. The monoisotopic (exact) mass is 588 g/mol. The Bertz CT molecular complexity index is 1450. The van der Waals surface area contributed by atoms with Gasteiger partial charge in [0, 0.05) is 4.91 Å². The molecule has 4 N–H and O–H groups in total. The van der Waals surface area contributed by atoms with Crippen LogP contribution in [0.25, 0.3) is 16.0 Å². The minimum Gasteiger partial charge on any atom is -0.465 e. The van der Waals surface area contributed by atoms with E-state index in [-0.39, 0.29) is 18.2 Å². The van der Waals surface area contributed by atoms with Crippen molar-refractivity contribution in [2.75, 3.05) is 18.9 Å². The average Bonchev–Trinajstić information content (AvgIpc) is 3.48. The first-order valence-corrected chi connectivity index (χ1v) is 14.6. The van der Waals surface area contributed by atoms with Crippen LogP contribution < -0.4 is 15.3 Å². The van der Waals surface area contributed by atoms with Crippen molar-refractivity contribution in [1.29, 1.82) is 0 Å². The van der Waals surface area contributed by atoms with Gasteiger partial charge in [-0.2, -0.15) is 10.2 Å². The lowest BCUT2D eigenvalue weighted by atomic mass is 9.88. The van der Waals surface area contributed by atoms with Crippen molar-refractivity contribution in [3.8, 4) is 5.75 Å². The third-order valence-corrected chi connectivity index (χ3v) is 8.30. The Morgan fingerprint density at radius 2 is 2.12 bits per heavy atom. The maximum absolute atomic E-state index is 13.9. The number of nitrogens with zero attached hydrogens (tertiary/aromatic N) is 6. The second kappa shape index (κ2) is 12.9. The molecule has 2 aromatic heterocycles. The number of nitrogen functional groups attached to an aromatic ring is 1. The number of nitrogens with one attached hydrogen (secondary N) is 1. The van der Waals surface area contributed by atoms with Crippen LogP contribution in [-0.2, 0) is 23.4 Å². The van der Waals surface area contributed by atoms with Gasteiger partial charge < -0.3 is 24.8 Å². The quantitative estimate of drug-likeness (QED) is 0.0654. The number of carbonyl (C=O) groups is 1. The van der Waals surface area contributed by atoms with E-state index in [2.05, 4.69) is 25.2 Å². The molecule has 0 amide bonds. The molecule has 0 aliphatic carbocycles. The van der Waals surface area contributed by atoms with Crippen molar-refractivity contribution < 1.29 is 33.0 Å². The van der Waals surface area contributed by atoms with E-state index in [9.17, 15) is 20.0 Å². The van der Waals surface area contributed by atoms with Crippen LogP contribution in [0.5, 0.6) is 5.75 Å². The van der Waals surface area contributed by atoms with Crippen molar-refractivity contribution in [2.45, 2.75) is 63.5 Å². The number of carbonyl (C=O) groups excluding carboxylic acids is 1. The van der Waals surface area contributed by atoms with E-state index in [1.54, 1.807) is 42.5 Å². The summed E-state index contributed by atoms with van der Waals surface area (Å²) in [4.78, 5) is 19.4. The Kier molecular flexibility index (Phi) is 9.49. The molecule has 1 aliphatic heterocycles. The van der Waals surface area contributed by atoms with Crippen LogP contribution in [-0.4, -0.2) is 62.7 Å². The van der Waals surface area contributed by atoms with Gasteiger partial charge in [-0.15, -0.1) is 0 Å². The Balaban J connectivity index is 1.57. The molecule has 3 heterocycles. The maximum atomic E-state index is 13.9. The number of hydrogen-bond acceptors (Lipinski definition) is 11. The molecule has 3 aromatic rings. The second-order valence-corrected chi connectivity index (χ2v) is 11.4. The number of anilines is 1. The molecule has 6 atom stereocenters. The third kappa shape index (κ3) is 6.62. The fourth-order valence-electron chi connectivity index (χ4n) is 4.41. The molecular weight excluding hydrogens is 555 g/mol. The molecule has 1 aromatic carbocycles. The number of rotatable bonds is 13. The largest absolute Gasteiger partial charge is 0.465 e. The minimum absolute atomic E-state index is 0.219. The number of hydrogen-bond donors (Lipinski definition) is 3. The van der Waals surface area contributed by atoms with Gasteiger partial charge in [-0.25, -0.2) is 14.1 Å². The zero-order chi connectivity index (χ0) is 29.6. The molecule has 15 nitrogen and oxygen atoms in total. The van der Waals surface area contributed by atoms with E-state index in [1.807, 2.05) is 6.92 Å². The highest BCUT2D eigenvalue weighted by molar-refractivity contribution is 7.52. The highest BCUT2D eigenvalue weighted by Gasteiger charge is 2.55. The van der Waals surface area contributed by atoms with Crippen molar-refractivity contribution in [3.05, 3.63) is 64.9 Å². The molecule has 1 aliphatic rings. The lowest BCUT2D eigenvalue weighted by molar-refractivity contribution is -0.145. The number of unbranched alkanes of at least 4 members (excludes halogenated alkanes) is 1. The summed E-state index contributed by atoms with van der Waals surface area (Å²) in [7, 11) is -4.24. The molecule has 2 unspecified atom stereocenters. The van der Waals surface area contributed by atoms with Crippen LogP contribution >= 0.6 is 7.75 Å². The molecule has 1 fully saturated rings. The van der Waals surface area contributed by atoms with Gasteiger partial charge in [0.15, 0.2) is 5.82 Å². The Hall–Kier alpha value is -3.71. The molecule has 41 heavy (non-hydrogen) atoms. The zero-order valence-electron chi connectivity index (χ0n) is 22.9. The number of azide groups is 1. The molecule has 0 saturated carbocycles. The van der Waals surface area contributed by atoms with Gasteiger partial charge in [0.1, 0.15) is 41.4 Å².